The maximum atomic E-state index is 14.4. The minimum Gasteiger partial charge on any atom is -0.497 e. The van der Waals surface area contributed by atoms with E-state index in [4.69, 9.17) is 9.84 Å². The first-order valence-electron chi connectivity index (χ1n) is 12.8. The Bertz CT molecular complexity index is 1520. The van der Waals surface area contributed by atoms with Crippen molar-refractivity contribution in [3.63, 3.8) is 0 Å². The van der Waals surface area contributed by atoms with Crippen LogP contribution in [0.1, 0.15) is 29.2 Å². The van der Waals surface area contributed by atoms with Gasteiger partial charge in [-0.3, -0.25) is 14.5 Å². The van der Waals surface area contributed by atoms with E-state index < -0.39 is 5.25 Å². The van der Waals surface area contributed by atoms with Gasteiger partial charge in [0.1, 0.15) is 23.9 Å². The number of thioether (sulfide) groups is 1. The second-order valence-electron chi connectivity index (χ2n) is 9.63. The van der Waals surface area contributed by atoms with Crippen LogP contribution in [0.4, 0.5) is 10.2 Å². The lowest BCUT2D eigenvalue weighted by Crippen LogP contribution is -2.43. The second-order valence-corrected chi connectivity index (χ2v) is 10.7. The summed E-state index contributed by atoms with van der Waals surface area (Å²) in [6.07, 6.45) is 1.90. The molecular formula is C30H27FN4O3S. The SMILES string of the molecule is COc1ccc(-n2nc(-c3ccccc3)c3c2N(CC(=O)NC2CC2)C(=O)CSC3c2cccc(F)c2)cc1. The number of nitrogens with zero attached hydrogens (tertiary/aromatic N) is 3. The fraction of sp³-hybridized carbons (Fsp3) is 0.233. The van der Waals surface area contributed by atoms with Crippen molar-refractivity contribution in [1.29, 1.82) is 0 Å². The van der Waals surface area contributed by atoms with E-state index in [2.05, 4.69) is 5.32 Å². The molecule has 1 saturated carbocycles. The number of benzene rings is 3. The Morgan fingerprint density at radius 3 is 2.54 bits per heavy atom. The number of nitrogens with one attached hydrogen (secondary N) is 1. The van der Waals surface area contributed by atoms with Crippen molar-refractivity contribution in [3.05, 3.63) is 95.8 Å². The third kappa shape index (κ3) is 5.14. The molecule has 6 rings (SSSR count). The Morgan fingerprint density at radius 2 is 1.85 bits per heavy atom. The lowest BCUT2D eigenvalue weighted by molar-refractivity contribution is -0.123. The van der Waals surface area contributed by atoms with Crippen molar-refractivity contribution in [2.45, 2.75) is 24.1 Å². The van der Waals surface area contributed by atoms with Gasteiger partial charge in [-0.15, -0.1) is 11.8 Å². The Hall–Kier alpha value is -4.11. The first-order chi connectivity index (χ1) is 19.0. The number of halogens is 1. The zero-order chi connectivity index (χ0) is 26.9. The van der Waals surface area contributed by atoms with Crippen LogP contribution >= 0.6 is 11.8 Å². The summed E-state index contributed by atoms with van der Waals surface area (Å²) < 4.78 is 21.5. The Kier molecular flexibility index (Phi) is 6.83. The predicted octanol–water partition coefficient (Wildman–Crippen LogP) is 5.13. The van der Waals surface area contributed by atoms with Crippen molar-refractivity contribution in [2.75, 3.05) is 24.3 Å². The average Bonchev–Trinajstić information content (AvgIpc) is 3.71. The highest BCUT2D eigenvalue weighted by molar-refractivity contribution is 8.00. The maximum Gasteiger partial charge on any atom is 0.240 e. The molecule has 2 amide bonds. The van der Waals surface area contributed by atoms with E-state index in [1.165, 1.54) is 28.8 Å². The highest BCUT2D eigenvalue weighted by Gasteiger charge is 2.38. The van der Waals surface area contributed by atoms with E-state index in [0.29, 0.717) is 22.9 Å². The first kappa shape index (κ1) is 25.2. The van der Waals surface area contributed by atoms with Gasteiger partial charge in [0.05, 0.1) is 29.5 Å². The number of methoxy groups -OCH3 is 1. The van der Waals surface area contributed by atoms with Crippen LogP contribution in [-0.4, -0.2) is 47.0 Å². The number of carbonyl (C=O) groups excluding carboxylic acids is 2. The number of hydrogen-bond acceptors (Lipinski definition) is 5. The van der Waals surface area contributed by atoms with E-state index in [-0.39, 0.29) is 36.0 Å². The number of amides is 2. The molecule has 1 N–H and O–H groups in total. The van der Waals surface area contributed by atoms with Crippen LogP contribution < -0.4 is 15.0 Å². The van der Waals surface area contributed by atoms with E-state index in [9.17, 15) is 14.0 Å². The molecule has 39 heavy (non-hydrogen) atoms. The van der Waals surface area contributed by atoms with Crippen LogP contribution in [0, 0.1) is 5.82 Å². The molecule has 0 saturated heterocycles. The number of fused-ring (bicyclic) bond motifs is 1. The summed E-state index contributed by atoms with van der Waals surface area (Å²) in [6, 6.07) is 23.7. The predicted molar refractivity (Wildman–Crippen MR) is 150 cm³/mol. The van der Waals surface area contributed by atoms with Gasteiger partial charge >= 0.3 is 0 Å². The number of aromatic nitrogens is 2. The minimum absolute atomic E-state index is 0.128. The maximum absolute atomic E-state index is 14.4. The number of carbonyl (C=O) groups is 2. The standard InChI is InChI=1S/C30H27FN4O3S/c1-38-24-14-12-23(13-15-24)35-30-27(28(33-35)19-6-3-2-4-7-19)29(20-8-5-9-21(31)16-20)39-18-26(37)34(30)17-25(36)32-22-10-11-22/h2-9,12-16,22,29H,10-11,17-18H2,1H3,(H,32,36). The fourth-order valence-electron chi connectivity index (χ4n) is 4.81. The molecule has 0 bridgehead atoms. The van der Waals surface area contributed by atoms with Crippen LogP contribution in [0.15, 0.2) is 78.9 Å². The number of anilines is 1. The lowest BCUT2D eigenvalue weighted by atomic mass is 9.99. The molecule has 1 unspecified atom stereocenters. The van der Waals surface area contributed by atoms with Gasteiger partial charge in [-0.1, -0.05) is 42.5 Å². The molecule has 4 aromatic rings. The third-order valence-corrected chi connectivity index (χ3v) is 8.10. The molecule has 7 nitrogen and oxygen atoms in total. The molecule has 0 radical (unpaired) electrons. The van der Waals surface area contributed by atoms with Crippen molar-refractivity contribution in [2.24, 2.45) is 0 Å². The van der Waals surface area contributed by atoms with Crippen molar-refractivity contribution < 1.29 is 18.7 Å². The zero-order valence-electron chi connectivity index (χ0n) is 21.3. The van der Waals surface area contributed by atoms with E-state index >= 15 is 0 Å². The van der Waals surface area contributed by atoms with Crippen molar-refractivity contribution >= 4 is 29.4 Å². The first-order valence-corrected chi connectivity index (χ1v) is 13.9. The highest BCUT2D eigenvalue weighted by Crippen LogP contribution is 2.48. The van der Waals surface area contributed by atoms with Gasteiger partial charge in [-0.05, 0) is 54.8 Å². The number of hydrogen-bond donors (Lipinski definition) is 1. The molecule has 1 aliphatic heterocycles. The Balaban J connectivity index is 1.59. The van der Waals surface area contributed by atoms with Gasteiger partial charge in [0.15, 0.2) is 0 Å². The largest absolute Gasteiger partial charge is 0.497 e. The van der Waals surface area contributed by atoms with Crippen LogP contribution in [-0.2, 0) is 9.59 Å². The zero-order valence-corrected chi connectivity index (χ0v) is 22.2. The Labute approximate surface area is 230 Å². The lowest BCUT2D eigenvalue weighted by Gasteiger charge is -2.23. The molecule has 0 spiro atoms. The summed E-state index contributed by atoms with van der Waals surface area (Å²) in [5.41, 5.74) is 3.73. The van der Waals surface area contributed by atoms with Gasteiger partial charge < -0.3 is 10.1 Å². The Morgan fingerprint density at radius 1 is 1.08 bits per heavy atom. The van der Waals surface area contributed by atoms with Crippen molar-refractivity contribution in [1.82, 2.24) is 15.1 Å². The van der Waals surface area contributed by atoms with Crippen LogP contribution in [0.25, 0.3) is 16.9 Å². The normalized spacial score (nSPS) is 16.9. The summed E-state index contributed by atoms with van der Waals surface area (Å²) in [6.45, 7) is -0.130. The molecule has 1 fully saturated rings. The van der Waals surface area contributed by atoms with Gasteiger partial charge in [-0.25, -0.2) is 9.07 Å². The average molecular weight is 543 g/mol. The summed E-state index contributed by atoms with van der Waals surface area (Å²) in [5, 5.41) is 7.65. The summed E-state index contributed by atoms with van der Waals surface area (Å²) in [7, 11) is 1.60. The van der Waals surface area contributed by atoms with Crippen LogP contribution in [0.3, 0.4) is 0 Å². The van der Waals surface area contributed by atoms with Crippen molar-refractivity contribution in [3.8, 4) is 22.7 Å². The quantitative estimate of drug-likeness (QED) is 0.350. The molecule has 1 aliphatic carbocycles. The molecule has 2 heterocycles. The minimum atomic E-state index is -0.390. The second kappa shape index (κ2) is 10.6. The highest BCUT2D eigenvalue weighted by atomic mass is 32.2. The topological polar surface area (TPSA) is 76.5 Å². The molecule has 3 aromatic carbocycles. The van der Waals surface area contributed by atoms with E-state index in [0.717, 1.165) is 29.5 Å². The van der Waals surface area contributed by atoms with Gasteiger partial charge in [0, 0.05) is 17.2 Å². The van der Waals surface area contributed by atoms with Crippen LogP contribution in [0.2, 0.25) is 0 Å². The summed E-state index contributed by atoms with van der Waals surface area (Å²) in [5.74, 6) is 0.549. The van der Waals surface area contributed by atoms with Crippen LogP contribution in [0.5, 0.6) is 5.75 Å². The van der Waals surface area contributed by atoms with E-state index in [1.807, 2.05) is 60.7 Å². The molecule has 198 valence electrons. The molecular weight excluding hydrogens is 515 g/mol. The monoisotopic (exact) mass is 542 g/mol. The van der Waals surface area contributed by atoms with Gasteiger partial charge in [0.25, 0.3) is 0 Å². The molecule has 2 aliphatic rings. The summed E-state index contributed by atoms with van der Waals surface area (Å²) in [4.78, 5) is 28.2. The smallest absolute Gasteiger partial charge is 0.240 e. The summed E-state index contributed by atoms with van der Waals surface area (Å²) >= 11 is 1.41. The van der Waals surface area contributed by atoms with E-state index in [1.54, 1.807) is 17.9 Å². The van der Waals surface area contributed by atoms with Gasteiger partial charge in [0.2, 0.25) is 11.8 Å². The number of ether oxygens (including phenoxy) is 1. The molecule has 1 atom stereocenters. The van der Waals surface area contributed by atoms with Gasteiger partial charge in [-0.2, -0.15) is 5.10 Å². The molecule has 9 heteroatoms. The molecule has 1 aromatic heterocycles. The third-order valence-electron chi connectivity index (χ3n) is 6.85. The fourth-order valence-corrected chi connectivity index (χ4v) is 6.00. The number of rotatable bonds is 7.